The third-order valence-electron chi connectivity index (χ3n) is 3.54. The molecule has 1 saturated heterocycles. The van der Waals surface area contributed by atoms with Crippen molar-refractivity contribution in [1.29, 1.82) is 0 Å². The van der Waals surface area contributed by atoms with Gasteiger partial charge in [0.15, 0.2) is 0 Å². The van der Waals surface area contributed by atoms with E-state index in [-0.39, 0.29) is 30.1 Å². The van der Waals surface area contributed by atoms with Crippen LogP contribution in [0, 0.1) is 5.92 Å². The van der Waals surface area contributed by atoms with Gasteiger partial charge in [-0.1, -0.05) is 13.0 Å². The first-order valence-corrected chi connectivity index (χ1v) is 7.77. The van der Waals surface area contributed by atoms with Crippen LogP contribution in [0.5, 0.6) is 0 Å². The van der Waals surface area contributed by atoms with Gasteiger partial charge in [-0.15, -0.1) is 23.7 Å². The molecule has 0 saturated carbocycles. The molecule has 1 unspecified atom stereocenters. The summed E-state index contributed by atoms with van der Waals surface area (Å²) in [6.07, 6.45) is 0. The van der Waals surface area contributed by atoms with E-state index >= 15 is 0 Å². The normalized spacial score (nSPS) is 16.3. The van der Waals surface area contributed by atoms with Crippen LogP contribution in [0.25, 0.3) is 0 Å². The first-order valence-electron chi connectivity index (χ1n) is 6.89. The molecule has 1 N–H and O–H groups in total. The van der Waals surface area contributed by atoms with Crippen molar-refractivity contribution in [3.05, 3.63) is 22.4 Å². The van der Waals surface area contributed by atoms with E-state index in [1.807, 2.05) is 41.3 Å². The Morgan fingerprint density at radius 3 is 2.43 bits per heavy atom. The molecule has 0 aliphatic carbocycles. The molecular formula is C14H22ClN3O2S. The van der Waals surface area contributed by atoms with E-state index in [1.165, 1.54) is 11.3 Å². The van der Waals surface area contributed by atoms with Crippen LogP contribution < -0.4 is 5.32 Å². The van der Waals surface area contributed by atoms with Crippen molar-refractivity contribution in [2.45, 2.75) is 6.92 Å². The van der Waals surface area contributed by atoms with E-state index in [9.17, 15) is 9.59 Å². The average Bonchev–Trinajstić information content (AvgIpc) is 3.00. The lowest BCUT2D eigenvalue weighted by molar-refractivity contribution is -0.136. The Bertz CT molecular complexity index is 459. The van der Waals surface area contributed by atoms with Crippen LogP contribution in [0.2, 0.25) is 0 Å². The molecule has 1 aliphatic heterocycles. The summed E-state index contributed by atoms with van der Waals surface area (Å²) < 4.78 is 0. The van der Waals surface area contributed by atoms with Gasteiger partial charge in [0, 0.05) is 38.6 Å². The Morgan fingerprint density at radius 1 is 1.29 bits per heavy atom. The van der Waals surface area contributed by atoms with Crippen molar-refractivity contribution in [3.8, 4) is 0 Å². The van der Waals surface area contributed by atoms with Crippen LogP contribution in [0.1, 0.15) is 16.6 Å². The molecule has 0 aromatic carbocycles. The minimum Gasteiger partial charge on any atom is -0.339 e. The molecule has 5 nitrogen and oxygen atoms in total. The van der Waals surface area contributed by atoms with Crippen LogP contribution in [0.3, 0.4) is 0 Å². The lowest BCUT2D eigenvalue weighted by Gasteiger charge is -2.35. The highest BCUT2D eigenvalue weighted by Crippen LogP contribution is 2.14. The molecule has 21 heavy (non-hydrogen) atoms. The molecule has 2 rings (SSSR count). The molecule has 1 aliphatic rings. The van der Waals surface area contributed by atoms with Gasteiger partial charge in [0.1, 0.15) is 0 Å². The Hall–Kier alpha value is -1.11. The monoisotopic (exact) mass is 331 g/mol. The summed E-state index contributed by atoms with van der Waals surface area (Å²) in [7, 11) is 1.85. The molecule has 1 aromatic rings. The van der Waals surface area contributed by atoms with Gasteiger partial charge in [-0.3, -0.25) is 9.59 Å². The second-order valence-electron chi connectivity index (χ2n) is 5.05. The number of piperazine rings is 1. The molecule has 2 amide bonds. The summed E-state index contributed by atoms with van der Waals surface area (Å²) in [4.78, 5) is 28.8. The Labute approximate surface area is 135 Å². The van der Waals surface area contributed by atoms with Gasteiger partial charge in [-0.2, -0.15) is 0 Å². The van der Waals surface area contributed by atoms with Gasteiger partial charge in [0.05, 0.1) is 4.88 Å². The fourth-order valence-corrected chi connectivity index (χ4v) is 3.08. The summed E-state index contributed by atoms with van der Waals surface area (Å²) >= 11 is 1.46. The Balaban J connectivity index is 0.00000220. The molecule has 118 valence electrons. The number of amides is 2. The van der Waals surface area contributed by atoms with Gasteiger partial charge in [0.2, 0.25) is 5.91 Å². The quantitative estimate of drug-likeness (QED) is 0.905. The van der Waals surface area contributed by atoms with Crippen molar-refractivity contribution in [3.63, 3.8) is 0 Å². The zero-order valence-electron chi connectivity index (χ0n) is 12.4. The first kappa shape index (κ1) is 17.9. The zero-order valence-corrected chi connectivity index (χ0v) is 14.0. The molecule has 0 spiro atoms. The van der Waals surface area contributed by atoms with E-state index in [4.69, 9.17) is 0 Å². The predicted octanol–water partition coefficient (Wildman–Crippen LogP) is 1.31. The lowest BCUT2D eigenvalue weighted by atomic mass is 10.1. The summed E-state index contributed by atoms with van der Waals surface area (Å²) in [5, 5.41) is 4.93. The molecule has 1 aromatic heterocycles. The van der Waals surface area contributed by atoms with Crippen molar-refractivity contribution >= 4 is 35.6 Å². The number of nitrogens with zero attached hydrogens (tertiary/aromatic N) is 2. The number of hydrogen-bond acceptors (Lipinski definition) is 4. The number of thiophene rings is 1. The van der Waals surface area contributed by atoms with Crippen LogP contribution in [0.4, 0.5) is 0 Å². The van der Waals surface area contributed by atoms with Gasteiger partial charge in [-0.05, 0) is 18.5 Å². The molecular weight excluding hydrogens is 310 g/mol. The van der Waals surface area contributed by atoms with E-state index < -0.39 is 0 Å². The summed E-state index contributed by atoms with van der Waals surface area (Å²) in [5.74, 6) is 0.234. The molecule has 1 fully saturated rings. The highest BCUT2D eigenvalue weighted by molar-refractivity contribution is 7.12. The maximum atomic E-state index is 12.2. The molecule has 2 heterocycles. The number of rotatable bonds is 4. The largest absolute Gasteiger partial charge is 0.339 e. The first-order chi connectivity index (χ1) is 9.63. The minimum absolute atomic E-state index is 0. The van der Waals surface area contributed by atoms with Crippen LogP contribution in [-0.4, -0.2) is 61.4 Å². The SMILES string of the molecule is CNCC(C)C(=O)N1CCN(C(=O)c2cccs2)CC1.Cl. The number of nitrogens with one attached hydrogen (secondary N) is 1. The maximum absolute atomic E-state index is 12.2. The number of hydrogen-bond donors (Lipinski definition) is 1. The lowest BCUT2D eigenvalue weighted by Crippen LogP contribution is -2.52. The predicted molar refractivity (Wildman–Crippen MR) is 87.1 cm³/mol. The van der Waals surface area contributed by atoms with Crippen LogP contribution in [-0.2, 0) is 4.79 Å². The topological polar surface area (TPSA) is 52.7 Å². The highest BCUT2D eigenvalue weighted by atomic mass is 35.5. The van der Waals surface area contributed by atoms with Gasteiger partial charge in [-0.25, -0.2) is 0 Å². The second kappa shape index (κ2) is 8.36. The third kappa shape index (κ3) is 4.43. The maximum Gasteiger partial charge on any atom is 0.264 e. The number of carbonyl (C=O) groups excluding carboxylic acids is 2. The van der Waals surface area contributed by atoms with Gasteiger partial charge < -0.3 is 15.1 Å². The summed E-state index contributed by atoms with van der Waals surface area (Å²) in [6.45, 7) is 5.12. The van der Waals surface area contributed by atoms with Gasteiger partial charge in [0.25, 0.3) is 5.91 Å². The Kier molecular flexibility index (Phi) is 7.14. The van der Waals surface area contributed by atoms with Gasteiger partial charge >= 0.3 is 0 Å². The fourth-order valence-electron chi connectivity index (χ4n) is 2.39. The minimum atomic E-state index is -0.0143. The standard InChI is InChI=1S/C14H21N3O2S.ClH/c1-11(10-15-2)13(18)16-5-7-17(8-6-16)14(19)12-4-3-9-20-12;/h3-4,9,11,15H,5-8,10H2,1-2H3;1H. The zero-order chi connectivity index (χ0) is 14.5. The second-order valence-corrected chi connectivity index (χ2v) is 6.00. The van der Waals surface area contributed by atoms with Crippen molar-refractivity contribution in [1.82, 2.24) is 15.1 Å². The molecule has 7 heteroatoms. The number of carbonyl (C=O) groups is 2. The molecule has 1 atom stereocenters. The van der Waals surface area contributed by atoms with Crippen molar-refractivity contribution < 1.29 is 9.59 Å². The van der Waals surface area contributed by atoms with E-state index in [2.05, 4.69) is 5.32 Å². The number of halogens is 1. The van der Waals surface area contributed by atoms with E-state index in [1.54, 1.807) is 0 Å². The smallest absolute Gasteiger partial charge is 0.264 e. The van der Waals surface area contributed by atoms with E-state index in [0.717, 1.165) is 4.88 Å². The summed E-state index contributed by atoms with van der Waals surface area (Å²) in [6, 6.07) is 3.73. The van der Waals surface area contributed by atoms with Crippen LogP contribution in [0.15, 0.2) is 17.5 Å². The van der Waals surface area contributed by atoms with E-state index in [0.29, 0.717) is 32.7 Å². The van der Waals surface area contributed by atoms with Crippen molar-refractivity contribution in [2.24, 2.45) is 5.92 Å². The highest BCUT2D eigenvalue weighted by Gasteiger charge is 2.27. The third-order valence-corrected chi connectivity index (χ3v) is 4.40. The summed E-state index contributed by atoms with van der Waals surface area (Å²) in [5.41, 5.74) is 0. The average molecular weight is 332 g/mol. The molecule has 0 radical (unpaired) electrons. The Morgan fingerprint density at radius 2 is 1.90 bits per heavy atom. The molecule has 0 bridgehead atoms. The fraction of sp³-hybridized carbons (Fsp3) is 0.571. The van der Waals surface area contributed by atoms with Crippen molar-refractivity contribution in [2.75, 3.05) is 39.8 Å². The van der Waals surface area contributed by atoms with Crippen LogP contribution >= 0.6 is 23.7 Å².